The lowest BCUT2D eigenvalue weighted by Gasteiger charge is -2.67. The Labute approximate surface area is 238 Å². The molecule has 0 aromatic heterocycles. The van der Waals surface area contributed by atoms with Crippen LogP contribution in [-0.2, 0) is 10.5 Å². The Bertz CT molecular complexity index is 1110. The number of rotatable bonds is 8. The van der Waals surface area contributed by atoms with Gasteiger partial charge in [-0.25, -0.2) is 0 Å². The summed E-state index contributed by atoms with van der Waals surface area (Å²) in [5.41, 5.74) is 9.88. The summed E-state index contributed by atoms with van der Waals surface area (Å²) < 4.78 is 26.9. The molecular formula is C28H46F2N5O4P. The Morgan fingerprint density at radius 3 is 2.35 bits per heavy atom. The number of carbonyl (C=O) groups is 1. The number of benzene rings is 1. The van der Waals surface area contributed by atoms with Gasteiger partial charge in [0, 0.05) is 48.3 Å². The van der Waals surface area contributed by atoms with E-state index in [1.165, 1.54) is 21.4 Å². The molecule has 12 heteroatoms. The van der Waals surface area contributed by atoms with Crippen LogP contribution in [0.2, 0.25) is 0 Å². The van der Waals surface area contributed by atoms with E-state index in [0.29, 0.717) is 37.2 Å². The molecule has 4 aliphatic rings. The minimum Gasteiger partial charge on any atom is -0.507 e. The van der Waals surface area contributed by atoms with Gasteiger partial charge in [-0.3, -0.25) is 9.69 Å². The third-order valence-corrected chi connectivity index (χ3v) is 7.11. The lowest BCUT2D eigenvalue weighted by Crippen LogP contribution is -2.79. The molecule has 3 fully saturated rings. The minimum absolute atomic E-state index is 0. The van der Waals surface area contributed by atoms with E-state index in [1.807, 2.05) is 24.8 Å². The Morgan fingerprint density at radius 2 is 1.82 bits per heavy atom. The fourth-order valence-corrected chi connectivity index (χ4v) is 5.33. The van der Waals surface area contributed by atoms with Crippen LogP contribution >= 0.6 is 9.24 Å². The summed E-state index contributed by atoms with van der Waals surface area (Å²) in [6, 6.07) is 3.54. The molecule has 226 valence electrons. The van der Waals surface area contributed by atoms with Crippen molar-refractivity contribution < 1.29 is 28.9 Å². The number of phenolic OH excluding ortho intramolecular Hbond substituents is 1. The molecule has 1 heterocycles. The van der Waals surface area contributed by atoms with Gasteiger partial charge >= 0.3 is 0 Å². The van der Waals surface area contributed by atoms with E-state index in [9.17, 15) is 23.8 Å². The van der Waals surface area contributed by atoms with Crippen molar-refractivity contribution in [3.8, 4) is 5.75 Å². The van der Waals surface area contributed by atoms with Gasteiger partial charge in [-0.15, -0.1) is 0 Å². The van der Waals surface area contributed by atoms with Crippen molar-refractivity contribution in [3.05, 3.63) is 58.6 Å². The lowest BCUT2D eigenvalue weighted by atomic mass is 9.46. The Morgan fingerprint density at radius 1 is 1.23 bits per heavy atom. The highest BCUT2D eigenvalue weighted by Gasteiger charge is 2.68. The molecule has 1 amide bonds. The molecule has 9 nitrogen and oxygen atoms in total. The van der Waals surface area contributed by atoms with Crippen LogP contribution in [0.5, 0.6) is 5.75 Å². The number of halogens is 2. The van der Waals surface area contributed by atoms with Crippen LogP contribution in [0.15, 0.2) is 47.4 Å². The van der Waals surface area contributed by atoms with Gasteiger partial charge in [0.15, 0.2) is 0 Å². The fraction of sp³-hybridized carbons (Fsp3) is 0.536. The van der Waals surface area contributed by atoms with Gasteiger partial charge in [-0.05, 0) is 56.4 Å². The molecule has 1 unspecified atom stereocenters. The lowest BCUT2D eigenvalue weighted by molar-refractivity contribution is -0.220. The molecule has 1 atom stereocenters. The van der Waals surface area contributed by atoms with E-state index in [-0.39, 0.29) is 48.0 Å². The average molecular weight is 586 g/mol. The number of phenols is 1. The van der Waals surface area contributed by atoms with Crippen molar-refractivity contribution in [1.82, 2.24) is 15.5 Å². The highest BCUT2D eigenvalue weighted by atomic mass is 31.0. The number of alkyl halides is 2. The number of hydrogen-bond donors (Lipinski definition) is 7. The van der Waals surface area contributed by atoms with Crippen LogP contribution in [0.1, 0.15) is 65.0 Å². The van der Waals surface area contributed by atoms with E-state index < -0.39 is 11.3 Å². The Balaban J connectivity index is 0.00000153. The van der Waals surface area contributed by atoms with Gasteiger partial charge < -0.3 is 37.4 Å². The zero-order valence-corrected chi connectivity index (χ0v) is 24.2. The number of nitrogens with two attached hydrogens (primary N) is 2. The maximum Gasteiger partial charge on any atom is 0.284 e. The van der Waals surface area contributed by atoms with Crippen molar-refractivity contribution in [2.24, 2.45) is 11.5 Å². The SMILES string of the molecule is C.CC.CC(/C=C(\N)NC1=CCCN(CC(=O)NC23CC(O)(C2)C3)C1)=C(/N)c1ccc(C(F)(F)P)cc1O.CO. The molecule has 3 aliphatic carbocycles. The standard InChI is InChI=1S/C24H32F2N5O3P.C2H6.CH4O.CH4/c1-14(21(28)17-5-4-15(8-18(17)32)24(25,26)35)7-19(27)29-16-3-2-6-31(9-16)10-20(33)30-22-11-23(34,12-22)13-22;2*1-2;/h3-5,7-8,29,32,34H,2,6,9-13,27-28,35H2,1H3,(H,30,33);1-2H3;2H,1H3;1H4/b19-7+,21-14-;;;. The van der Waals surface area contributed by atoms with Crippen molar-refractivity contribution >= 4 is 20.8 Å². The molecule has 3 saturated carbocycles. The molecule has 5 rings (SSSR count). The molecule has 0 saturated heterocycles. The first kappa shape index (κ1) is 35.3. The summed E-state index contributed by atoms with van der Waals surface area (Å²) in [6.45, 7) is 7.23. The largest absolute Gasteiger partial charge is 0.507 e. The average Bonchev–Trinajstić information content (AvgIpc) is 2.84. The van der Waals surface area contributed by atoms with Gasteiger partial charge in [0.1, 0.15) is 11.6 Å². The quantitative estimate of drug-likeness (QED) is 0.181. The number of nitrogens with one attached hydrogen (secondary N) is 2. The fourth-order valence-electron chi connectivity index (χ4n) is 5.15. The number of aliphatic hydroxyl groups is 2. The van der Waals surface area contributed by atoms with Crippen molar-refractivity contribution in [2.75, 3.05) is 26.7 Å². The zero-order valence-electron chi connectivity index (χ0n) is 23.0. The predicted octanol–water partition coefficient (Wildman–Crippen LogP) is 3.04. The number of carbonyl (C=O) groups excluding carboxylic acids is 1. The number of nitrogens with zero attached hydrogens (tertiary/aromatic N) is 1. The summed E-state index contributed by atoms with van der Waals surface area (Å²) in [5, 5.41) is 33.2. The second-order valence-corrected chi connectivity index (χ2v) is 10.7. The van der Waals surface area contributed by atoms with Crippen LogP contribution in [0.3, 0.4) is 0 Å². The molecule has 40 heavy (non-hydrogen) atoms. The zero-order chi connectivity index (χ0) is 29.6. The summed E-state index contributed by atoms with van der Waals surface area (Å²) in [6.07, 6.45) is 6.30. The normalized spacial score (nSPS) is 24.1. The van der Waals surface area contributed by atoms with Crippen LogP contribution in [0, 0.1) is 0 Å². The molecule has 2 bridgehead atoms. The first-order chi connectivity index (χ1) is 18.3. The van der Waals surface area contributed by atoms with E-state index in [4.69, 9.17) is 16.6 Å². The van der Waals surface area contributed by atoms with Gasteiger partial charge in [0.25, 0.3) is 5.66 Å². The number of aromatic hydroxyl groups is 1. The maximum absolute atomic E-state index is 13.5. The number of allylic oxidation sites excluding steroid dienone is 2. The second-order valence-electron chi connectivity index (χ2n) is 9.99. The Kier molecular flexibility index (Phi) is 12.6. The molecule has 1 aromatic rings. The summed E-state index contributed by atoms with van der Waals surface area (Å²) in [7, 11) is 2.43. The van der Waals surface area contributed by atoms with Crippen molar-refractivity contribution in [2.45, 2.75) is 70.7 Å². The van der Waals surface area contributed by atoms with E-state index in [2.05, 4.69) is 10.6 Å². The molecule has 9 N–H and O–H groups in total. The van der Waals surface area contributed by atoms with Crippen molar-refractivity contribution in [3.63, 3.8) is 0 Å². The summed E-state index contributed by atoms with van der Waals surface area (Å²) >= 11 is 0. The van der Waals surface area contributed by atoms with Gasteiger partial charge in [0.05, 0.1) is 12.1 Å². The maximum atomic E-state index is 13.5. The van der Waals surface area contributed by atoms with Gasteiger partial charge in [-0.1, -0.05) is 42.7 Å². The van der Waals surface area contributed by atoms with Gasteiger partial charge in [0.2, 0.25) is 5.91 Å². The number of hydrogen-bond acceptors (Lipinski definition) is 8. The molecule has 0 radical (unpaired) electrons. The van der Waals surface area contributed by atoms with E-state index >= 15 is 0 Å². The monoisotopic (exact) mass is 585 g/mol. The third kappa shape index (κ3) is 8.64. The molecule has 1 aromatic carbocycles. The minimum atomic E-state index is -3.15. The topological polar surface area (TPSA) is 157 Å². The van der Waals surface area contributed by atoms with E-state index in [1.54, 1.807) is 13.0 Å². The summed E-state index contributed by atoms with van der Waals surface area (Å²) in [4.78, 5) is 14.5. The van der Waals surface area contributed by atoms with Crippen LogP contribution in [0.4, 0.5) is 8.78 Å². The second kappa shape index (κ2) is 14.3. The highest BCUT2D eigenvalue weighted by Crippen LogP contribution is 2.60. The van der Waals surface area contributed by atoms with Gasteiger partial charge in [-0.2, -0.15) is 8.78 Å². The predicted molar refractivity (Wildman–Crippen MR) is 159 cm³/mol. The highest BCUT2D eigenvalue weighted by molar-refractivity contribution is 7.17. The smallest absolute Gasteiger partial charge is 0.284 e. The van der Waals surface area contributed by atoms with Crippen LogP contribution in [0.25, 0.3) is 5.70 Å². The first-order valence-electron chi connectivity index (χ1n) is 12.9. The van der Waals surface area contributed by atoms with Crippen LogP contribution in [-0.4, -0.2) is 64.0 Å². The Hall–Kier alpha value is -2.72. The van der Waals surface area contributed by atoms with Crippen LogP contribution < -0.4 is 22.1 Å². The summed E-state index contributed by atoms with van der Waals surface area (Å²) in [5.74, 6) is -0.0793. The first-order valence-corrected chi connectivity index (χ1v) is 13.5. The molecule has 0 spiro atoms. The number of amides is 1. The van der Waals surface area contributed by atoms with Crippen molar-refractivity contribution in [1.29, 1.82) is 0 Å². The van der Waals surface area contributed by atoms with E-state index in [0.717, 1.165) is 31.8 Å². The third-order valence-electron chi connectivity index (χ3n) is 6.78. The number of aliphatic hydroxyl groups excluding tert-OH is 1. The molecule has 1 aliphatic heterocycles. The molecular weight excluding hydrogens is 539 g/mol.